The van der Waals surface area contributed by atoms with Crippen LogP contribution in [-0.2, 0) is 34.1 Å². The van der Waals surface area contributed by atoms with Crippen LogP contribution in [0.2, 0.25) is 0 Å². The molecule has 0 radical (unpaired) electrons. The SMILES string of the molecule is CC(=Nc1c(C)cc(C)cc1C)C1=CC=CC(=C(C)N=C2C=CC=C2)[N-]1.[Fe+2].[Fe].c1cc[cH-]c1. The van der Waals surface area contributed by atoms with Crippen LogP contribution in [0.5, 0.6) is 0 Å². The minimum absolute atomic E-state index is 0. The normalized spacial score (nSPS) is 15.5. The maximum Gasteiger partial charge on any atom is 2.00 e. The topological polar surface area (TPSA) is 38.8 Å². The Kier molecular flexibility index (Phi) is 12.0. The summed E-state index contributed by atoms with van der Waals surface area (Å²) in [6.45, 7) is 10.3. The summed E-state index contributed by atoms with van der Waals surface area (Å²) >= 11 is 0. The Hall–Kier alpha value is -2.55. The van der Waals surface area contributed by atoms with Crippen molar-refractivity contribution >= 4 is 17.1 Å². The maximum absolute atomic E-state index is 4.86. The summed E-state index contributed by atoms with van der Waals surface area (Å²) in [6, 6.07) is 14.3. The fraction of sp³-hybridized carbons (Fsp3) is 0.179. The zero-order chi connectivity index (χ0) is 22.2. The van der Waals surface area contributed by atoms with E-state index in [9.17, 15) is 0 Å². The largest absolute Gasteiger partial charge is 2.00 e. The Morgan fingerprint density at radius 2 is 1.48 bits per heavy atom. The first-order valence-corrected chi connectivity index (χ1v) is 10.5. The number of hydrogen-bond donors (Lipinski definition) is 0. The number of allylic oxidation sites excluding steroid dienone is 9. The van der Waals surface area contributed by atoms with Crippen molar-refractivity contribution in [3.8, 4) is 0 Å². The predicted octanol–water partition coefficient (Wildman–Crippen LogP) is 7.73. The van der Waals surface area contributed by atoms with E-state index in [0.717, 1.165) is 34.2 Å². The first kappa shape index (κ1) is 28.5. The molecule has 5 heteroatoms. The van der Waals surface area contributed by atoms with Gasteiger partial charge in [0.05, 0.1) is 11.4 Å². The molecule has 33 heavy (non-hydrogen) atoms. The third-order valence-corrected chi connectivity index (χ3v) is 4.90. The second kappa shape index (κ2) is 13.9. The van der Waals surface area contributed by atoms with Crippen molar-refractivity contribution in [3.63, 3.8) is 0 Å². The Bertz CT molecular complexity index is 1090. The van der Waals surface area contributed by atoms with Gasteiger partial charge in [0.25, 0.3) is 0 Å². The van der Waals surface area contributed by atoms with Crippen LogP contribution in [0.1, 0.15) is 30.5 Å². The van der Waals surface area contributed by atoms with Gasteiger partial charge in [-0.25, -0.2) is 12.1 Å². The Morgan fingerprint density at radius 1 is 0.879 bits per heavy atom. The molecule has 2 aromatic rings. The van der Waals surface area contributed by atoms with Crippen molar-refractivity contribution in [1.82, 2.24) is 0 Å². The Labute approximate surface area is 219 Å². The fourth-order valence-corrected chi connectivity index (χ4v) is 3.42. The molecule has 2 aromatic carbocycles. The van der Waals surface area contributed by atoms with Gasteiger partial charge in [0.2, 0.25) is 0 Å². The van der Waals surface area contributed by atoms with Crippen LogP contribution in [-0.4, -0.2) is 11.4 Å². The molecule has 0 saturated carbocycles. The van der Waals surface area contributed by atoms with Crippen molar-refractivity contribution < 1.29 is 34.1 Å². The fourth-order valence-electron chi connectivity index (χ4n) is 3.42. The van der Waals surface area contributed by atoms with Crippen molar-refractivity contribution in [2.75, 3.05) is 0 Å². The van der Waals surface area contributed by atoms with Gasteiger partial charge in [-0.2, -0.15) is 18.2 Å². The first-order valence-electron chi connectivity index (χ1n) is 10.5. The molecule has 1 heterocycles. The number of hydrogen-bond acceptors (Lipinski definition) is 2. The van der Waals surface area contributed by atoms with E-state index in [4.69, 9.17) is 10.3 Å². The molecule has 0 spiro atoms. The summed E-state index contributed by atoms with van der Waals surface area (Å²) < 4.78 is 0. The van der Waals surface area contributed by atoms with Crippen molar-refractivity contribution in [2.24, 2.45) is 9.98 Å². The molecule has 4 rings (SSSR count). The van der Waals surface area contributed by atoms with Gasteiger partial charge >= 0.3 is 17.1 Å². The molecule has 0 atom stereocenters. The van der Waals surface area contributed by atoms with E-state index in [1.807, 2.05) is 86.7 Å². The molecule has 1 aliphatic heterocycles. The molecule has 0 unspecified atom stereocenters. The van der Waals surface area contributed by atoms with Crippen LogP contribution in [0, 0.1) is 20.8 Å². The summed E-state index contributed by atoms with van der Waals surface area (Å²) in [7, 11) is 0. The van der Waals surface area contributed by atoms with Gasteiger partial charge < -0.3 is 5.32 Å². The predicted molar refractivity (Wildman–Crippen MR) is 134 cm³/mol. The number of aliphatic imine (C=N–C) groups is 2. The average molecular weight is 519 g/mol. The third-order valence-electron chi connectivity index (χ3n) is 4.90. The van der Waals surface area contributed by atoms with Crippen molar-refractivity contribution in [3.05, 3.63) is 124 Å². The van der Waals surface area contributed by atoms with Gasteiger partial charge in [0.15, 0.2) is 0 Å². The minimum atomic E-state index is 0. The molecule has 0 aromatic heterocycles. The molecule has 0 bridgehead atoms. The molecule has 0 saturated heterocycles. The van der Waals surface area contributed by atoms with Crippen LogP contribution in [0.15, 0.2) is 112 Å². The summed E-state index contributed by atoms with van der Waals surface area (Å²) in [4.78, 5) is 9.49. The third kappa shape index (κ3) is 8.38. The monoisotopic (exact) mass is 519 g/mol. The summed E-state index contributed by atoms with van der Waals surface area (Å²) in [5.74, 6) is 0. The van der Waals surface area contributed by atoms with E-state index in [2.05, 4.69) is 37.9 Å². The summed E-state index contributed by atoms with van der Waals surface area (Å²) in [5.41, 5.74) is 9.16. The Balaban J connectivity index is 0.000000689. The second-order valence-corrected chi connectivity index (χ2v) is 7.66. The molecule has 172 valence electrons. The van der Waals surface area contributed by atoms with E-state index in [-0.39, 0.29) is 34.1 Å². The Morgan fingerprint density at radius 3 is 2.03 bits per heavy atom. The van der Waals surface area contributed by atoms with Crippen LogP contribution in [0.25, 0.3) is 5.32 Å². The van der Waals surface area contributed by atoms with E-state index < -0.39 is 0 Å². The van der Waals surface area contributed by atoms with E-state index in [1.54, 1.807) is 0 Å². The van der Waals surface area contributed by atoms with Gasteiger partial charge in [-0.3, -0.25) is 9.98 Å². The molecule has 3 nitrogen and oxygen atoms in total. The van der Waals surface area contributed by atoms with Gasteiger partial charge in [-0.1, -0.05) is 48.1 Å². The van der Waals surface area contributed by atoms with Gasteiger partial charge in [-0.05, 0) is 57.9 Å². The number of aryl methyl sites for hydroxylation is 3. The van der Waals surface area contributed by atoms with Crippen LogP contribution in [0.3, 0.4) is 0 Å². The molecule has 0 amide bonds. The molecule has 0 fully saturated rings. The van der Waals surface area contributed by atoms with Crippen molar-refractivity contribution in [2.45, 2.75) is 34.6 Å². The minimum Gasteiger partial charge on any atom is -0.655 e. The summed E-state index contributed by atoms with van der Waals surface area (Å²) in [6.07, 6.45) is 13.9. The van der Waals surface area contributed by atoms with Gasteiger partial charge in [-0.15, -0.1) is 11.4 Å². The number of rotatable bonds is 3. The number of benzene rings is 1. The van der Waals surface area contributed by atoms with Gasteiger partial charge in [0.1, 0.15) is 0 Å². The molecule has 1 aliphatic carbocycles. The van der Waals surface area contributed by atoms with Crippen LogP contribution < -0.4 is 0 Å². The molecular formula is C28H29Fe2N3. The van der Waals surface area contributed by atoms with Crippen molar-refractivity contribution in [1.29, 1.82) is 0 Å². The van der Waals surface area contributed by atoms with E-state index in [1.165, 1.54) is 16.7 Å². The maximum atomic E-state index is 4.86. The quantitative estimate of drug-likeness (QED) is 0.226. The molecule has 2 aliphatic rings. The van der Waals surface area contributed by atoms with Gasteiger partial charge in [0, 0.05) is 28.5 Å². The van der Waals surface area contributed by atoms with E-state index >= 15 is 0 Å². The van der Waals surface area contributed by atoms with E-state index in [0.29, 0.717) is 0 Å². The molecule has 0 N–H and O–H groups in total. The number of nitrogens with zero attached hydrogens (tertiary/aromatic N) is 3. The van der Waals surface area contributed by atoms with Crippen LogP contribution >= 0.6 is 0 Å². The van der Waals surface area contributed by atoms with Crippen LogP contribution in [0.4, 0.5) is 5.69 Å². The zero-order valence-electron chi connectivity index (χ0n) is 19.6. The standard InChI is InChI=1S/C23H24N3.C5H5.2Fe/c1-15-13-16(2)23(17(3)14-15)25-19(5)22-12-8-11-21(26-22)18(4)24-20-9-6-7-10-20;1-2-4-5-3-1;;/h6-14H,1-5H3;1-5H;;/q2*-1;;+2. The smallest absolute Gasteiger partial charge is 0.655 e. The average Bonchev–Trinajstić information content (AvgIpc) is 3.47. The summed E-state index contributed by atoms with van der Waals surface area (Å²) in [5, 5.41) is 4.76. The second-order valence-electron chi connectivity index (χ2n) is 7.66. The zero-order valence-corrected chi connectivity index (χ0v) is 21.8. The molecular weight excluding hydrogens is 490 g/mol. The first-order chi connectivity index (χ1) is 14.9.